The molecule has 14 heteroatoms. The number of fused-ring (bicyclic) bond motifs is 2. The Balaban J connectivity index is 1.28. The standard InChI is InChI=1S/C34H30F5N3O6/c1-41-28-6-4-3-5-19(28)11-22(32(41)44)21-8-7-18(23-15-48-16-24(21)23)12-27(33(45)46-2)40-31(43)30-25(35)13-20(14-26(30)36)42-9-10-47-17-29(42)34(37,38)39/h3-8,11,13-14,27,29H,9-10,12,15-17H2,1-2H3,(H,40,43)/t27-,29+/m0/s1. The molecule has 0 aliphatic carbocycles. The molecule has 2 aliphatic rings. The Labute approximate surface area is 270 Å². The molecule has 9 nitrogen and oxygen atoms in total. The minimum atomic E-state index is -4.73. The molecule has 0 saturated carbocycles. The van der Waals surface area contributed by atoms with E-state index in [1.807, 2.05) is 24.3 Å². The number of nitrogens with zero attached hydrogens (tertiary/aromatic N) is 2. The maximum absolute atomic E-state index is 15.2. The van der Waals surface area contributed by atoms with Crippen molar-refractivity contribution in [1.82, 2.24) is 9.88 Å². The number of aromatic nitrogens is 1. The van der Waals surface area contributed by atoms with Gasteiger partial charge in [-0.05, 0) is 51.9 Å². The molecule has 3 aromatic carbocycles. The molecule has 2 aliphatic heterocycles. The lowest BCUT2D eigenvalue weighted by atomic mass is 9.91. The lowest BCUT2D eigenvalue weighted by molar-refractivity contribution is -0.167. The molecule has 1 aromatic heterocycles. The highest BCUT2D eigenvalue weighted by Crippen LogP contribution is 2.35. The summed E-state index contributed by atoms with van der Waals surface area (Å²) in [6.45, 7) is -0.747. The predicted molar refractivity (Wildman–Crippen MR) is 164 cm³/mol. The van der Waals surface area contributed by atoms with Crippen molar-refractivity contribution in [2.24, 2.45) is 7.05 Å². The molecule has 0 unspecified atom stereocenters. The number of para-hydroxylation sites is 1. The summed E-state index contributed by atoms with van der Waals surface area (Å²) >= 11 is 0. The van der Waals surface area contributed by atoms with E-state index in [0.717, 1.165) is 28.5 Å². The normalized spacial score (nSPS) is 16.9. The highest BCUT2D eigenvalue weighted by atomic mass is 19.4. The maximum atomic E-state index is 15.2. The molecule has 1 saturated heterocycles. The number of alkyl halides is 3. The first-order chi connectivity index (χ1) is 22.9. The monoisotopic (exact) mass is 671 g/mol. The van der Waals surface area contributed by atoms with Gasteiger partial charge in [0.05, 0.1) is 39.1 Å². The fourth-order valence-corrected chi connectivity index (χ4v) is 6.31. The summed E-state index contributed by atoms with van der Waals surface area (Å²) in [5, 5.41) is 3.18. The second-order valence-electron chi connectivity index (χ2n) is 11.6. The van der Waals surface area contributed by atoms with Gasteiger partial charge in [-0.25, -0.2) is 13.6 Å². The zero-order valence-electron chi connectivity index (χ0n) is 25.8. The Kier molecular flexibility index (Phi) is 8.96. The van der Waals surface area contributed by atoms with Gasteiger partial charge in [-0.2, -0.15) is 13.2 Å². The number of hydrogen-bond donors (Lipinski definition) is 1. The van der Waals surface area contributed by atoms with Crippen molar-refractivity contribution in [2.45, 2.75) is 37.9 Å². The average molecular weight is 672 g/mol. The third-order valence-electron chi connectivity index (χ3n) is 8.75. The number of methoxy groups -OCH3 is 1. The van der Waals surface area contributed by atoms with Gasteiger partial charge in [0.2, 0.25) is 0 Å². The van der Waals surface area contributed by atoms with E-state index in [9.17, 15) is 27.6 Å². The fourth-order valence-electron chi connectivity index (χ4n) is 6.31. The van der Waals surface area contributed by atoms with E-state index in [0.29, 0.717) is 34.4 Å². The van der Waals surface area contributed by atoms with Gasteiger partial charge in [-0.3, -0.25) is 9.59 Å². The lowest BCUT2D eigenvalue weighted by Crippen LogP contribution is -2.53. The summed E-state index contributed by atoms with van der Waals surface area (Å²) < 4.78 is 88.2. The van der Waals surface area contributed by atoms with E-state index in [-0.39, 0.29) is 38.3 Å². The molecule has 1 amide bonds. The first-order valence-corrected chi connectivity index (χ1v) is 15.0. The van der Waals surface area contributed by atoms with Crippen LogP contribution in [0, 0.1) is 11.6 Å². The molecule has 4 aromatic rings. The van der Waals surface area contributed by atoms with Gasteiger partial charge in [0.25, 0.3) is 11.5 Å². The molecule has 2 atom stereocenters. The van der Waals surface area contributed by atoms with Gasteiger partial charge >= 0.3 is 12.1 Å². The molecule has 48 heavy (non-hydrogen) atoms. The number of carbonyl (C=O) groups excluding carboxylic acids is 2. The SMILES string of the molecule is COC(=O)[C@H](Cc1ccc(-c2cc3ccccc3n(C)c2=O)c2c1COC2)NC(=O)c1c(F)cc(N2CCOC[C@@H]2C(F)(F)F)cc1F. The number of ether oxygens (including phenoxy) is 3. The molecule has 6 rings (SSSR count). The Bertz CT molecular complexity index is 1950. The smallest absolute Gasteiger partial charge is 0.411 e. The lowest BCUT2D eigenvalue weighted by Gasteiger charge is -2.38. The van der Waals surface area contributed by atoms with Crippen molar-refractivity contribution in [2.75, 3.05) is 31.8 Å². The molecular weight excluding hydrogens is 641 g/mol. The number of carbonyl (C=O) groups is 2. The number of benzene rings is 3. The number of hydrogen-bond acceptors (Lipinski definition) is 7. The number of pyridine rings is 1. The van der Waals surface area contributed by atoms with Crippen molar-refractivity contribution < 1.29 is 45.8 Å². The molecule has 0 radical (unpaired) electrons. The molecule has 3 heterocycles. The predicted octanol–water partition coefficient (Wildman–Crippen LogP) is 4.80. The summed E-state index contributed by atoms with van der Waals surface area (Å²) in [5.41, 5.74) is 2.16. The minimum absolute atomic E-state index is 0.0898. The second kappa shape index (κ2) is 13.0. The molecule has 1 fully saturated rings. The molecular formula is C34H30F5N3O6. The minimum Gasteiger partial charge on any atom is -0.467 e. The number of nitrogens with one attached hydrogen (secondary N) is 1. The van der Waals surface area contributed by atoms with Crippen molar-refractivity contribution in [3.05, 3.63) is 98.8 Å². The molecule has 252 valence electrons. The first kappa shape index (κ1) is 33.1. The van der Waals surface area contributed by atoms with Gasteiger partial charge in [0.15, 0.2) is 0 Å². The van der Waals surface area contributed by atoms with E-state index in [1.54, 1.807) is 29.8 Å². The molecule has 1 N–H and O–H groups in total. The Morgan fingerprint density at radius 3 is 2.42 bits per heavy atom. The van der Waals surface area contributed by atoms with Crippen LogP contribution in [0.3, 0.4) is 0 Å². The molecule has 0 spiro atoms. The van der Waals surface area contributed by atoms with E-state index in [2.05, 4.69) is 5.32 Å². The van der Waals surface area contributed by atoms with Gasteiger partial charge in [-0.15, -0.1) is 0 Å². The maximum Gasteiger partial charge on any atom is 0.411 e. The summed E-state index contributed by atoms with van der Waals surface area (Å²) in [5.74, 6) is -5.02. The van der Waals surface area contributed by atoms with Crippen LogP contribution in [-0.4, -0.2) is 61.6 Å². The first-order valence-electron chi connectivity index (χ1n) is 15.0. The van der Waals surface area contributed by atoms with Crippen LogP contribution in [0.2, 0.25) is 0 Å². The van der Waals surface area contributed by atoms with Crippen LogP contribution < -0.4 is 15.8 Å². The summed E-state index contributed by atoms with van der Waals surface area (Å²) in [6.07, 6.45) is -4.88. The number of rotatable bonds is 7. The highest BCUT2D eigenvalue weighted by Gasteiger charge is 2.46. The zero-order valence-corrected chi connectivity index (χ0v) is 25.8. The highest BCUT2D eigenvalue weighted by molar-refractivity contribution is 5.97. The second-order valence-corrected chi connectivity index (χ2v) is 11.6. The van der Waals surface area contributed by atoms with Crippen molar-refractivity contribution >= 4 is 28.5 Å². The van der Waals surface area contributed by atoms with Crippen LogP contribution in [0.1, 0.15) is 27.0 Å². The summed E-state index contributed by atoms with van der Waals surface area (Å²) in [4.78, 5) is 40.1. The van der Waals surface area contributed by atoms with Crippen LogP contribution in [0.25, 0.3) is 22.0 Å². The van der Waals surface area contributed by atoms with E-state index in [4.69, 9.17) is 14.2 Å². The van der Waals surface area contributed by atoms with Gasteiger partial charge in [0.1, 0.15) is 29.3 Å². The average Bonchev–Trinajstić information content (AvgIpc) is 3.56. The Morgan fingerprint density at radius 1 is 1.00 bits per heavy atom. The third kappa shape index (κ3) is 6.13. The van der Waals surface area contributed by atoms with Crippen molar-refractivity contribution in [3.63, 3.8) is 0 Å². The van der Waals surface area contributed by atoms with Crippen LogP contribution in [0.5, 0.6) is 0 Å². The number of morpholine rings is 1. The topological polar surface area (TPSA) is 99.1 Å². The summed E-state index contributed by atoms with van der Waals surface area (Å²) in [6, 6.07) is 10.4. The van der Waals surface area contributed by atoms with E-state index < -0.39 is 59.6 Å². The largest absolute Gasteiger partial charge is 0.467 e. The van der Waals surface area contributed by atoms with Crippen molar-refractivity contribution in [3.8, 4) is 11.1 Å². The zero-order chi connectivity index (χ0) is 34.3. The van der Waals surface area contributed by atoms with Crippen molar-refractivity contribution in [1.29, 1.82) is 0 Å². The third-order valence-corrected chi connectivity index (χ3v) is 8.75. The Morgan fingerprint density at radius 2 is 1.71 bits per heavy atom. The summed E-state index contributed by atoms with van der Waals surface area (Å²) in [7, 11) is 2.77. The van der Waals surface area contributed by atoms with Crippen LogP contribution in [-0.2, 0) is 45.7 Å². The number of amides is 1. The number of anilines is 1. The Hall–Kier alpha value is -4.82. The van der Waals surface area contributed by atoms with Gasteiger partial charge in [0, 0.05) is 31.3 Å². The van der Waals surface area contributed by atoms with Crippen LogP contribution in [0.15, 0.2) is 59.4 Å². The van der Waals surface area contributed by atoms with Gasteiger partial charge < -0.3 is 29.0 Å². The van der Waals surface area contributed by atoms with E-state index in [1.165, 1.54) is 0 Å². The number of aryl methyl sites for hydroxylation is 1. The number of esters is 1. The van der Waals surface area contributed by atoms with E-state index >= 15 is 8.78 Å². The fraction of sp³-hybridized carbons (Fsp3) is 0.324. The van der Waals surface area contributed by atoms with Crippen LogP contribution >= 0.6 is 0 Å². The molecule has 0 bridgehead atoms. The van der Waals surface area contributed by atoms with Crippen LogP contribution in [0.4, 0.5) is 27.6 Å². The van der Waals surface area contributed by atoms with Gasteiger partial charge in [-0.1, -0.05) is 30.3 Å². The number of halogens is 5. The quantitative estimate of drug-likeness (QED) is 0.223.